The molecule has 3 heteroatoms. The van der Waals surface area contributed by atoms with Gasteiger partial charge in [-0.2, -0.15) is 11.8 Å². The van der Waals surface area contributed by atoms with Gasteiger partial charge in [0.1, 0.15) is 6.61 Å². The fourth-order valence-electron chi connectivity index (χ4n) is 0.647. The van der Waals surface area contributed by atoms with Crippen LogP contribution in [-0.4, -0.2) is 31.5 Å². The summed E-state index contributed by atoms with van der Waals surface area (Å²) >= 11 is 1.77. The van der Waals surface area contributed by atoms with Gasteiger partial charge in [-0.05, 0) is 18.4 Å². The Kier molecular flexibility index (Phi) is 7.08. The standard InChI is InChI=1S/C7H14O2S/c1-9-6-7(8)4-3-5-10-2/h3-6H2,1-2H3. The Balaban J connectivity index is 3.05. The first-order valence-corrected chi connectivity index (χ1v) is 4.70. The van der Waals surface area contributed by atoms with Crippen molar-refractivity contribution in [3.05, 3.63) is 0 Å². The van der Waals surface area contributed by atoms with E-state index in [0.717, 1.165) is 12.2 Å². The molecule has 0 atom stereocenters. The van der Waals surface area contributed by atoms with Gasteiger partial charge >= 0.3 is 0 Å². The van der Waals surface area contributed by atoms with Crippen LogP contribution in [0, 0.1) is 0 Å². The van der Waals surface area contributed by atoms with Crippen LogP contribution in [0.1, 0.15) is 12.8 Å². The number of thioether (sulfide) groups is 1. The molecule has 0 aromatic carbocycles. The third-order valence-corrected chi connectivity index (χ3v) is 1.81. The van der Waals surface area contributed by atoms with Gasteiger partial charge in [-0.25, -0.2) is 0 Å². The van der Waals surface area contributed by atoms with E-state index in [9.17, 15) is 4.79 Å². The lowest BCUT2D eigenvalue weighted by molar-refractivity contribution is -0.122. The lowest BCUT2D eigenvalue weighted by Gasteiger charge is -1.96. The molecule has 0 radical (unpaired) electrons. The normalized spacial score (nSPS) is 9.80. The molecular formula is C7H14O2S. The lowest BCUT2D eigenvalue weighted by atomic mass is 10.2. The second kappa shape index (κ2) is 7.09. The fourth-order valence-corrected chi connectivity index (χ4v) is 1.08. The molecule has 0 saturated carbocycles. The van der Waals surface area contributed by atoms with Crippen LogP contribution in [0.4, 0.5) is 0 Å². The molecule has 2 nitrogen and oxygen atoms in total. The summed E-state index contributed by atoms with van der Waals surface area (Å²) in [4.78, 5) is 10.8. The van der Waals surface area contributed by atoms with Crippen LogP contribution in [0.15, 0.2) is 0 Å². The van der Waals surface area contributed by atoms with Crippen molar-refractivity contribution < 1.29 is 9.53 Å². The largest absolute Gasteiger partial charge is 0.377 e. The number of rotatable bonds is 6. The first kappa shape index (κ1) is 9.98. The summed E-state index contributed by atoms with van der Waals surface area (Å²) in [6.07, 6.45) is 3.68. The van der Waals surface area contributed by atoms with Crippen molar-refractivity contribution in [2.45, 2.75) is 12.8 Å². The van der Waals surface area contributed by atoms with E-state index in [1.807, 2.05) is 6.26 Å². The minimum atomic E-state index is 0.205. The van der Waals surface area contributed by atoms with E-state index in [-0.39, 0.29) is 12.4 Å². The first-order chi connectivity index (χ1) is 4.81. The molecular weight excluding hydrogens is 148 g/mol. The highest BCUT2D eigenvalue weighted by Crippen LogP contribution is 1.99. The van der Waals surface area contributed by atoms with Crippen LogP contribution in [-0.2, 0) is 9.53 Å². The zero-order chi connectivity index (χ0) is 7.82. The maximum Gasteiger partial charge on any atom is 0.158 e. The molecule has 0 aliphatic carbocycles. The Labute approximate surface area is 66.3 Å². The lowest BCUT2D eigenvalue weighted by Crippen LogP contribution is -2.06. The van der Waals surface area contributed by atoms with Crippen molar-refractivity contribution in [1.82, 2.24) is 0 Å². The Morgan fingerprint density at radius 2 is 2.30 bits per heavy atom. The van der Waals surface area contributed by atoms with Crippen LogP contribution < -0.4 is 0 Å². The minimum absolute atomic E-state index is 0.205. The maximum absolute atomic E-state index is 10.8. The number of hydrogen-bond donors (Lipinski definition) is 0. The van der Waals surface area contributed by atoms with Crippen molar-refractivity contribution in [1.29, 1.82) is 0 Å². The van der Waals surface area contributed by atoms with Gasteiger partial charge in [0.25, 0.3) is 0 Å². The molecule has 0 aromatic rings. The molecule has 0 amide bonds. The van der Waals surface area contributed by atoms with E-state index in [0.29, 0.717) is 6.42 Å². The zero-order valence-corrected chi connectivity index (χ0v) is 7.37. The number of Topliss-reactive ketones (excluding diaryl/α,β-unsaturated/α-hetero) is 1. The molecule has 0 aliphatic rings. The molecule has 60 valence electrons. The predicted molar refractivity (Wildman–Crippen MR) is 44.5 cm³/mol. The van der Waals surface area contributed by atoms with Crippen LogP contribution in [0.5, 0.6) is 0 Å². The molecule has 0 saturated heterocycles. The number of carbonyl (C=O) groups is 1. The maximum atomic E-state index is 10.8. The number of ether oxygens (including phenoxy) is 1. The highest BCUT2D eigenvalue weighted by Gasteiger charge is 1.98. The van der Waals surface area contributed by atoms with E-state index in [1.165, 1.54) is 0 Å². The molecule has 0 aliphatic heterocycles. The van der Waals surface area contributed by atoms with Gasteiger partial charge in [0.2, 0.25) is 0 Å². The molecule has 0 fully saturated rings. The average Bonchev–Trinajstić information content (AvgIpc) is 1.89. The smallest absolute Gasteiger partial charge is 0.158 e. The monoisotopic (exact) mass is 162 g/mol. The van der Waals surface area contributed by atoms with Gasteiger partial charge in [-0.3, -0.25) is 4.79 Å². The molecule has 0 heterocycles. The van der Waals surface area contributed by atoms with Crippen LogP contribution >= 0.6 is 11.8 Å². The highest BCUT2D eigenvalue weighted by atomic mass is 32.2. The van der Waals surface area contributed by atoms with Crippen molar-refractivity contribution in [3.63, 3.8) is 0 Å². The van der Waals surface area contributed by atoms with E-state index in [1.54, 1.807) is 18.9 Å². The Morgan fingerprint density at radius 1 is 1.60 bits per heavy atom. The van der Waals surface area contributed by atoms with Gasteiger partial charge < -0.3 is 4.74 Å². The van der Waals surface area contributed by atoms with Gasteiger partial charge in [-0.15, -0.1) is 0 Å². The van der Waals surface area contributed by atoms with Crippen molar-refractivity contribution >= 4 is 17.5 Å². The summed E-state index contributed by atoms with van der Waals surface area (Å²) in [6.45, 7) is 0.272. The zero-order valence-electron chi connectivity index (χ0n) is 6.55. The van der Waals surface area contributed by atoms with E-state index in [2.05, 4.69) is 4.74 Å². The molecule has 0 unspecified atom stereocenters. The molecule has 0 N–H and O–H groups in total. The second-order valence-corrected chi connectivity index (χ2v) is 3.05. The van der Waals surface area contributed by atoms with Crippen molar-refractivity contribution in [2.75, 3.05) is 25.7 Å². The van der Waals surface area contributed by atoms with Gasteiger partial charge in [0.15, 0.2) is 5.78 Å². The average molecular weight is 162 g/mol. The Hall–Kier alpha value is -0.0200. The van der Waals surface area contributed by atoms with Crippen molar-refractivity contribution in [2.24, 2.45) is 0 Å². The molecule has 0 spiro atoms. The van der Waals surface area contributed by atoms with E-state index < -0.39 is 0 Å². The van der Waals surface area contributed by atoms with Crippen molar-refractivity contribution in [3.8, 4) is 0 Å². The number of ketones is 1. The third-order valence-electron chi connectivity index (χ3n) is 1.11. The summed E-state index contributed by atoms with van der Waals surface area (Å²) in [7, 11) is 1.55. The molecule has 0 aromatic heterocycles. The van der Waals surface area contributed by atoms with Gasteiger partial charge in [-0.1, -0.05) is 0 Å². The van der Waals surface area contributed by atoms with Crippen LogP contribution in [0.25, 0.3) is 0 Å². The molecule has 0 bridgehead atoms. The highest BCUT2D eigenvalue weighted by molar-refractivity contribution is 7.98. The second-order valence-electron chi connectivity index (χ2n) is 2.07. The van der Waals surface area contributed by atoms with Gasteiger partial charge in [0.05, 0.1) is 0 Å². The Bertz CT molecular complexity index is 93.6. The van der Waals surface area contributed by atoms with E-state index in [4.69, 9.17) is 0 Å². The Morgan fingerprint density at radius 3 is 2.80 bits per heavy atom. The number of hydrogen-bond acceptors (Lipinski definition) is 3. The summed E-state index contributed by atoms with van der Waals surface area (Å²) in [5, 5.41) is 0. The van der Waals surface area contributed by atoms with Gasteiger partial charge in [0, 0.05) is 13.5 Å². The number of carbonyl (C=O) groups excluding carboxylic acids is 1. The molecule has 0 rings (SSSR count). The van der Waals surface area contributed by atoms with Crippen LogP contribution in [0.2, 0.25) is 0 Å². The minimum Gasteiger partial charge on any atom is -0.377 e. The first-order valence-electron chi connectivity index (χ1n) is 3.31. The van der Waals surface area contributed by atoms with Crippen LogP contribution in [0.3, 0.4) is 0 Å². The van der Waals surface area contributed by atoms with E-state index >= 15 is 0 Å². The third kappa shape index (κ3) is 6.11. The summed E-state index contributed by atoms with van der Waals surface area (Å²) in [5.74, 6) is 1.27. The fraction of sp³-hybridized carbons (Fsp3) is 0.857. The summed E-state index contributed by atoms with van der Waals surface area (Å²) < 4.78 is 4.68. The summed E-state index contributed by atoms with van der Waals surface area (Å²) in [5.41, 5.74) is 0. The topological polar surface area (TPSA) is 26.3 Å². The quantitative estimate of drug-likeness (QED) is 0.551. The predicted octanol–water partition coefficient (Wildman–Crippen LogP) is 1.35. The molecule has 10 heavy (non-hydrogen) atoms. The summed E-state index contributed by atoms with van der Waals surface area (Å²) in [6, 6.07) is 0. The number of methoxy groups -OCH3 is 1. The SMILES string of the molecule is COCC(=O)CCCSC.